The molecule has 166 valence electrons. The van der Waals surface area contributed by atoms with Gasteiger partial charge in [-0.15, -0.1) is 10.2 Å². The van der Waals surface area contributed by atoms with Gasteiger partial charge in [0, 0.05) is 16.3 Å². The standard InChI is InChI=1S/C24H19N3O5S/c1-32-17-11-13-18(14-12-17)33(30,31)27-21-15-22(23(28)20-10-6-5-9-19(20)21)25-26-24(29)16-7-3-2-4-8-16/h2-15,27-28H,1H3. The van der Waals surface area contributed by atoms with Crippen LogP contribution in [0.1, 0.15) is 10.4 Å². The van der Waals surface area contributed by atoms with Gasteiger partial charge in [0.25, 0.3) is 15.9 Å². The van der Waals surface area contributed by atoms with Crippen LogP contribution >= 0.6 is 0 Å². The van der Waals surface area contributed by atoms with Gasteiger partial charge in [0.05, 0.1) is 17.7 Å². The van der Waals surface area contributed by atoms with E-state index in [-0.39, 0.29) is 22.0 Å². The number of amides is 1. The van der Waals surface area contributed by atoms with E-state index in [9.17, 15) is 18.3 Å². The van der Waals surface area contributed by atoms with Crippen molar-refractivity contribution < 1.29 is 23.1 Å². The number of nitrogens with one attached hydrogen (secondary N) is 1. The summed E-state index contributed by atoms with van der Waals surface area (Å²) in [5.41, 5.74) is 0.465. The first kappa shape index (κ1) is 22.0. The first-order valence-electron chi connectivity index (χ1n) is 9.82. The van der Waals surface area contributed by atoms with E-state index in [0.717, 1.165) is 0 Å². The van der Waals surface area contributed by atoms with E-state index in [1.54, 1.807) is 66.7 Å². The smallest absolute Gasteiger partial charge is 0.295 e. The molecule has 0 aromatic heterocycles. The SMILES string of the molecule is COc1ccc(S(=O)(=O)Nc2cc(N=NC(=O)c3ccccc3)c(O)c3ccccc23)cc1. The number of benzene rings is 4. The topological polar surface area (TPSA) is 117 Å². The van der Waals surface area contributed by atoms with Crippen LogP contribution in [0.5, 0.6) is 11.5 Å². The fraction of sp³-hybridized carbons (Fsp3) is 0.0417. The van der Waals surface area contributed by atoms with E-state index in [4.69, 9.17) is 4.74 Å². The van der Waals surface area contributed by atoms with Crippen LogP contribution in [0.4, 0.5) is 11.4 Å². The molecule has 0 aliphatic heterocycles. The number of aromatic hydroxyl groups is 1. The third-order valence-electron chi connectivity index (χ3n) is 4.88. The lowest BCUT2D eigenvalue weighted by atomic mass is 10.1. The second-order valence-corrected chi connectivity index (χ2v) is 8.67. The second-order valence-electron chi connectivity index (χ2n) is 6.99. The van der Waals surface area contributed by atoms with Crippen molar-refractivity contribution in [2.24, 2.45) is 10.2 Å². The minimum atomic E-state index is -3.96. The number of fused-ring (bicyclic) bond motifs is 1. The van der Waals surface area contributed by atoms with Gasteiger partial charge >= 0.3 is 0 Å². The summed E-state index contributed by atoms with van der Waals surface area (Å²) in [4.78, 5) is 12.3. The van der Waals surface area contributed by atoms with Gasteiger partial charge in [-0.05, 0) is 42.5 Å². The van der Waals surface area contributed by atoms with Gasteiger partial charge in [-0.1, -0.05) is 42.5 Å². The van der Waals surface area contributed by atoms with E-state index >= 15 is 0 Å². The van der Waals surface area contributed by atoms with Gasteiger partial charge in [0.2, 0.25) is 0 Å². The number of phenolic OH excluding ortho intramolecular Hbond substituents is 1. The van der Waals surface area contributed by atoms with Crippen LogP contribution in [0.15, 0.2) is 100 Å². The molecule has 9 heteroatoms. The molecule has 0 saturated heterocycles. The third kappa shape index (κ3) is 4.68. The third-order valence-corrected chi connectivity index (χ3v) is 6.26. The first-order chi connectivity index (χ1) is 15.9. The summed E-state index contributed by atoms with van der Waals surface area (Å²) in [6.07, 6.45) is 0. The van der Waals surface area contributed by atoms with Crippen LogP contribution < -0.4 is 9.46 Å². The summed E-state index contributed by atoms with van der Waals surface area (Å²) >= 11 is 0. The Morgan fingerprint density at radius 2 is 1.55 bits per heavy atom. The molecule has 33 heavy (non-hydrogen) atoms. The number of ether oxygens (including phenoxy) is 1. The Morgan fingerprint density at radius 3 is 2.21 bits per heavy atom. The molecular weight excluding hydrogens is 442 g/mol. The van der Waals surface area contributed by atoms with E-state index < -0.39 is 15.9 Å². The number of azo groups is 1. The Labute approximate surface area is 190 Å². The van der Waals surface area contributed by atoms with Crippen molar-refractivity contribution in [1.82, 2.24) is 0 Å². The molecule has 0 atom stereocenters. The maximum Gasteiger partial charge on any atom is 0.295 e. The van der Waals surface area contributed by atoms with Gasteiger partial charge in [-0.3, -0.25) is 9.52 Å². The van der Waals surface area contributed by atoms with E-state index in [0.29, 0.717) is 22.1 Å². The number of rotatable bonds is 6. The molecule has 0 aliphatic rings. The zero-order valence-electron chi connectivity index (χ0n) is 17.5. The summed E-state index contributed by atoms with van der Waals surface area (Å²) in [5.74, 6) is -0.291. The maximum absolute atomic E-state index is 13.0. The summed E-state index contributed by atoms with van der Waals surface area (Å²) < 4.78 is 33.5. The Hall–Kier alpha value is -4.24. The highest BCUT2D eigenvalue weighted by atomic mass is 32.2. The molecule has 0 heterocycles. The summed E-state index contributed by atoms with van der Waals surface area (Å²) in [6.45, 7) is 0. The molecule has 1 amide bonds. The lowest BCUT2D eigenvalue weighted by Crippen LogP contribution is -2.13. The summed E-state index contributed by atoms with van der Waals surface area (Å²) in [7, 11) is -2.47. The molecular formula is C24H19N3O5S. The van der Waals surface area contributed by atoms with Gasteiger partial charge in [-0.25, -0.2) is 8.42 Å². The number of hydrogen-bond donors (Lipinski definition) is 2. The van der Waals surface area contributed by atoms with Crippen molar-refractivity contribution in [3.05, 3.63) is 90.5 Å². The molecule has 4 rings (SSSR count). The Kier molecular flexibility index (Phi) is 6.05. The van der Waals surface area contributed by atoms with Gasteiger partial charge < -0.3 is 9.84 Å². The average Bonchev–Trinajstić information content (AvgIpc) is 2.85. The van der Waals surface area contributed by atoms with Crippen LogP contribution in [-0.2, 0) is 10.0 Å². The van der Waals surface area contributed by atoms with Crippen molar-refractivity contribution in [3.63, 3.8) is 0 Å². The highest BCUT2D eigenvalue weighted by molar-refractivity contribution is 7.92. The molecule has 0 saturated carbocycles. The number of nitrogens with zero attached hydrogens (tertiary/aromatic N) is 2. The molecule has 0 aliphatic carbocycles. The Morgan fingerprint density at radius 1 is 0.909 bits per heavy atom. The largest absolute Gasteiger partial charge is 0.505 e. The number of carbonyl (C=O) groups is 1. The first-order valence-corrected chi connectivity index (χ1v) is 11.3. The van der Waals surface area contributed by atoms with E-state index in [1.807, 2.05) is 0 Å². The van der Waals surface area contributed by atoms with Gasteiger partial charge in [0.1, 0.15) is 11.4 Å². The zero-order chi connectivity index (χ0) is 23.4. The number of methoxy groups -OCH3 is 1. The summed E-state index contributed by atoms with van der Waals surface area (Å²) in [6, 6.07) is 22.3. The highest BCUT2D eigenvalue weighted by Gasteiger charge is 2.19. The van der Waals surface area contributed by atoms with Crippen LogP contribution in [-0.4, -0.2) is 26.5 Å². The number of hydrogen-bond acceptors (Lipinski definition) is 6. The van der Waals surface area contributed by atoms with Crippen LogP contribution in [0, 0.1) is 0 Å². The van der Waals surface area contributed by atoms with Crippen molar-refractivity contribution >= 4 is 38.1 Å². The van der Waals surface area contributed by atoms with Gasteiger partial charge in [-0.2, -0.15) is 0 Å². The fourth-order valence-electron chi connectivity index (χ4n) is 3.20. The Balaban J connectivity index is 1.74. The highest BCUT2D eigenvalue weighted by Crippen LogP contribution is 2.40. The minimum absolute atomic E-state index is 0.0305. The number of sulfonamides is 1. The predicted molar refractivity (Wildman–Crippen MR) is 125 cm³/mol. The second kappa shape index (κ2) is 9.09. The minimum Gasteiger partial charge on any atom is -0.505 e. The molecule has 0 fully saturated rings. The Bertz CT molecular complexity index is 1450. The molecule has 2 N–H and O–H groups in total. The molecule has 0 bridgehead atoms. The molecule has 4 aromatic rings. The normalized spacial score (nSPS) is 11.5. The lowest BCUT2D eigenvalue weighted by Gasteiger charge is -2.13. The molecule has 0 unspecified atom stereocenters. The molecule has 4 aromatic carbocycles. The predicted octanol–water partition coefficient (Wildman–Crippen LogP) is 5.28. The quantitative estimate of drug-likeness (QED) is 0.299. The molecule has 8 nitrogen and oxygen atoms in total. The van der Waals surface area contributed by atoms with Crippen LogP contribution in [0.25, 0.3) is 10.8 Å². The number of anilines is 1. The fourth-order valence-corrected chi connectivity index (χ4v) is 4.27. The number of carbonyl (C=O) groups excluding carboxylic acids is 1. The van der Waals surface area contributed by atoms with Gasteiger partial charge in [0.15, 0.2) is 5.75 Å². The summed E-state index contributed by atoms with van der Waals surface area (Å²) in [5, 5.41) is 19.1. The van der Waals surface area contributed by atoms with Crippen molar-refractivity contribution in [2.45, 2.75) is 4.90 Å². The number of phenols is 1. The van der Waals surface area contributed by atoms with Crippen molar-refractivity contribution in [2.75, 3.05) is 11.8 Å². The monoisotopic (exact) mass is 461 g/mol. The van der Waals surface area contributed by atoms with E-state index in [1.165, 1.54) is 25.3 Å². The van der Waals surface area contributed by atoms with Crippen LogP contribution in [0.2, 0.25) is 0 Å². The van der Waals surface area contributed by atoms with Crippen molar-refractivity contribution in [1.29, 1.82) is 0 Å². The lowest BCUT2D eigenvalue weighted by molar-refractivity contribution is 0.0995. The van der Waals surface area contributed by atoms with E-state index in [2.05, 4.69) is 15.0 Å². The average molecular weight is 461 g/mol. The molecule has 0 radical (unpaired) electrons. The maximum atomic E-state index is 13.0. The zero-order valence-corrected chi connectivity index (χ0v) is 18.3. The molecule has 0 spiro atoms. The van der Waals surface area contributed by atoms with Crippen LogP contribution in [0.3, 0.4) is 0 Å². The van der Waals surface area contributed by atoms with Crippen molar-refractivity contribution in [3.8, 4) is 11.5 Å².